The Hall–Kier alpha value is -2.15. The molecule has 0 unspecified atom stereocenters. The first-order valence-corrected chi connectivity index (χ1v) is 7.84. The summed E-state index contributed by atoms with van der Waals surface area (Å²) in [6.45, 7) is 7.82. The summed E-state index contributed by atoms with van der Waals surface area (Å²) in [6, 6.07) is 1.83. The van der Waals surface area contributed by atoms with E-state index in [1.807, 2.05) is 24.5 Å². The minimum atomic E-state index is -0.304. The molecule has 0 aromatic carbocycles. The first kappa shape index (κ1) is 15.7. The molecule has 1 saturated heterocycles. The topological polar surface area (TPSA) is 79.4 Å². The number of hydrogen-bond donors (Lipinski definition) is 0. The van der Waals surface area contributed by atoms with Gasteiger partial charge >= 0.3 is 5.97 Å². The summed E-state index contributed by atoms with van der Waals surface area (Å²) in [5.41, 5.74) is 2.37. The lowest BCUT2D eigenvalue weighted by Gasteiger charge is -2.06. The van der Waals surface area contributed by atoms with Crippen molar-refractivity contribution in [3.8, 4) is 0 Å². The van der Waals surface area contributed by atoms with E-state index in [1.54, 1.807) is 6.92 Å². The zero-order valence-electron chi connectivity index (χ0n) is 13.7. The molecule has 0 amide bonds. The van der Waals surface area contributed by atoms with Gasteiger partial charge in [-0.25, -0.2) is 4.79 Å². The molecule has 0 saturated carbocycles. The quantitative estimate of drug-likeness (QED) is 0.786. The van der Waals surface area contributed by atoms with E-state index in [9.17, 15) is 4.79 Å². The largest absolute Gasteiger partial charge is 0.462 e. The first-order chi connectivity index (χ1) is 11.1. The second-order valence-corrected chi connectivity index (χ2v) is 5.70. The van der Waals surface area contributed by atoms with Crippen molar-refractivity contribution >= 4 is 5.97 Å². The summed E-state index contributed by atoms with van der Waals surface area (Å²) in [4.78, 5) is 16.4. The number of carbonyl (C=O) groups is 1. The van der Waals surface area contributed by atoms with Crippen LogP contribution in [0.4, 0.5) is 0 Å². The molecule has 0 spiro atoms. The highest BCUT2D eigenvalue weighted by molar-refractivity contribution is 5.91. The lowest BCUT2D eigenvalue weighted by Crippen LogP contribution is -2.09. The molecule has 0 bridgehead atoms. The third-order valence-corrected chi connectivity index (χ3v) is 4.14. The van der Waals surface area contributed by atoms with Crippen molar-refractivity contribution in [1.29, 1.82) is 0 Å². The number of carbonyl (C=O) groups excluding carboxylic acids is 1. The average molecular weight is 319 g/mol. The number of esters is 1. The van der Waals surface area contributed by atoms with Gasteiger partial charge in [0.15, 0.2) is 5.82 Å². The number of ether oxygens (including phenoxy) is 2. The van der Waals surface area contributed by atoms with Gasteiger partial charge in [0.25, 0.3) is 0 Å². The molecule has 23 heavy (non-hydrogen) atoms. The minimum absolute atomic E-state index is 0.217. The van der Waals surface area contributed by atoms with Gasteiger partial charge in [0.1, 0.15) is 6.54 Å². The summed E-state index contributed by atoms with van der Waals surface area (Å²) in [6.07, 6.45) is 0.924. The van der Waals surface area contributed by atoms with Gasteiger partial charge < -0.3 is 18.6 Å². The summed E-state index contributed by atoms with van der Waals surface area (Å²) in [7, 11) is 0. The molecule has 3 rings (SSSR count). The second kappa shape index (κ2) is 6.54. The van der Waals surface area contributed by atoms with Crippen LogP contribution in [0.1, 0.15) is 52.7 Å². The highest BCUT2D eigenvalue weighted by Gasteiger charge is 2.24. The van der Waals surface area contributed by atoms with Crippen LogP contribution in [0.2, 0.25) is 0 Å². The predicted octanol–water partition coefficient (Wildman–Crippen LogP) is 2.22. The van der Waals surface area contributed by atoms with Gasteiger partial charge in [-0.1, -0.05) is 5.16 Å². The molecular weight excluding hydrogens is 298 g/mol. The van der Waals surface area contributed by atoms with Crippen LogP contribution in [0.15, 0.2) is 10.6 Å². The molecule has 7 nitrogen and oxygen atoms in total. The Kier molecular flexibility index (Phi) is 4.47. The fourth-order valence-electron chi connectivity index (χ4n) is 2.83. The van der Waals surface area contributed by atoms with E-state index in [2.05, 4.69) is 10.1 Å². The number of nitrogens with zero attached hydrogens (tertiary/aromatic N) is 3. The van der Waals surface area contributed by atoms with Crippen LogP contribution in [-0.4, -0.2) is 40.5 Å². The molecule has 7 heteroatoms. The van der Waals surface area contributed by atoms with Gasteiger partial charge in [-0.05, 0) is 33.3 Å². The van der Waals surface area contributed by atoms with Crippen molar-refractivity contribution in [2.45, 2.75) is 39.7 Å². The van der Waals surface area contributed by atoms with Crippen LogP contribution in [0.3, 0.4) is 0 Å². The Morgan fingerprint density at radius 2 is 2.30 bits per heavy atom. The third kappa shape index (κ3) is 3.14. The van der Waals surface area contributed by atoms with Crippen molar-refractivity contribution in [2.75, 3.05) is 19.8 Å². The van der Waals surface area contributed by atoms with Crippen molar-refractivity contribution in [3.63, 3.8) is 0 Å². The Balaban J connectivity index is 1.79. The Labute approximate surface area is 134 Å². The molecule has 1 aliphatic heterocycles. The number of rotatable bonds is 5. The third-order valence-electron chi connectivity index (χ3n) is 4.14. The maximum atomic E-state index is 12.0. The molecule has 1 atom stereocenters. The Morgan fingerprint density at radius 3 is 3.00 bits per heavy atom. The van der Waals surface area contributed by atoms with E-state index >= 15 is 0 Å². The standard InChI is InChI=1S/C16H21N3O4/c1-4-22-16(20)13-7-10(2)19(11(13)3)8-14-17-15(18-23-14)12-5-6-21-9-12/h7,12H,4-6,8-9H2,1-3H3/t12-/m0/s1. The van der Waals surface area contributed by atoms with Gasteiger partial charge in [-0.2, -0.15) is 4.98 Å². The SMILES string of the molecule is CCOC(=O)c1cc(C)n(Cc2nc([C@H]3CCOC3)no2)c1C. The van der Waals surface area contributed by atoms with Gasteiger partial charge in [-0.15, -0.1) is 0 Å². The molecular formula is C16H21N3O4. The molecule has 1 aliphatic rings. The van der Waals surface area contributed by atoms with Gasteiger partial charge in [0.2, 0.25) is 5.89 Å². The zero-order chi connectivity index (χ0) is 16.4. The molecule has 124 valence electrons. The molecule has 0 radical (unpaired) electrons. The minimum Gasteiger partial charge on any atom is -0.462 e. The second-order valence-electron chi connectivity index (χ2n) is 5.70. The predicted molar refractivity (Wildman–Crippen MR) is 81.4 cm³/mol. The molecule has 0 N–H and O–H groups in total. The van der Waals surface area contributed by atoms with Crippen LogP contribution in [-0.2, 0) is 16.0 Å². The highest BCUT2D eigenvalue weighted by Crippen LogP contribution is 2.23. The monoisotopic (exact) mass is 319 g/mol. The Morgan fingerprint density at radius 1 is 1.48 bits per heavy atom. The lowest BCUT2D eigenvalue weighted by molar-refractivity contribution is 0.0525. The zero-order valence-corrected chi connectivity index (χ0v) is 13.7. The van der Waals surface area contributed by atoms with Crippen LogP contribution >= 0.6 is 0 Å². The molecule has 2 aromatic heterocycles. The van der Waals surface area contributed by atoms with Crippen LogP contribution in [0.25, 0.3) is 0 Å². The summed E-state index contributed by atoms with van der Waals surface area (Å²) in [5.74, 6) is 1.14. The number of hydrogen-bond acceptors (Lipinski definition) is 6. The van der Waals surface area contributed by atoms with Gasteiger partial charge in [-0.3, -0.25) is 0 Å². The van der Waals surface area contributed by atoms with Crippen LogP contribution in [0, 0.1) is 13.8 Å². The van der Waals surface area contributed by atoms with Crippen molar-refractivity contribution in [2.24, 2.45) is 0 Å². The van der Waals surface area contributed by atoms with E-state index in [-0.39, 0.29) is 11.9 Å². The molecule has 0 aliphatic carbocycles. The smallest absolute Gasteiger partial charge is 0.339 e. The first-order valence-electron chi connectivity index (χ1n) is 7.84. The van der Waals surface area contributed by atoms with Gasteiger partial charge in [0, 0.05) is 23.9 Å². The van der Waals surface area contributed by atoms with Crippen LogP contribution in [0.5, 0.6) is 0 Å². The fraction of sp³-hybridized carbons (Fsp3) is 0.562. The number of aromatic nitrogens is 3. The van der Waals surface area contributed by atoms with Gasteiger partial charge in [0.05, 0.1) is 18.8 Å². The van der Waals surface area contributed by atoms with E-state index in [0.717, 1.165) is 24.4 Å². The maximum absolute atomic E-state index is 12.0. The maximum Gasteiger partial charge on any atom is 0.339 e. The van der Waals surface area contributed by atoms with E-state index in [1.165, 1.54) is 0 Å². The summed E-state index contributed by atoms with van der Waals surface area (Å²) < 4.78 is 17.8. The average Bonchev–Trinajstić information content (AvgIpc) is 3.24. The highest BCUT2D eigenvalue weighted by atomic mass is 16.5. The summed E-state index contributed by atoms with van der Waals surface area (Å²) in [5, 5.41) is 4.05. The van der Waals surface area contributed by atoms with Crippen LogP contribution < -0.4 is 0 Å². The van der Waals surface area contributed by atoms with Crippen molar-refractivity contribution in [3.05, 3.63) is 34.7 Å². The molecule has 2 aromatic rings. The molecule has 3 heterocycles. The van der Waals surface area contributed by atoms with Crippen molar-refractivity contribution < 1.29 is 18.8 Å². The lowest BCUT2D eigenvalue weighted by atomic mass is 10.1. The summed E-state index contributed by atoms with van der Waals surface area (Å²) >= 11 is 0. The van der Waals surface area contributed by atoms with E-state index in [0.29, 0.717) is 37.0 Å². The van der Waals surface area contributed by atoms with E-state index < -0.39 is 0 Å². The Bertz CT molecular complexity index is 698. The fourth-order valence-corrected chi connectivity index (χ4v) is 2.83. The molecule has 1 fully saturated rings. The normalized spacial score (nSPS) is 17.6. The van der Waals surface area contributed by atoms with E-state index in [4.69, 9.17) is 14.0 Å². The van der Waals surface area contributed by atoms with Crippen molar-refractivity contribution in [1.82, 2.24) is 14.7 Å². The number of aryl methyl sites for hydroxylation is 1.